The van der Waals surface area contributed by atoms with Gasteiger partial charge in [-0.3, -0.25) is 4.79 Å². The van der Waals surface area contributed by atoms with Gasteiger partial charge in [0, 0.05) is 12.0 Å². The average Bonchev–Trinajstić information content (AvgIpc) is 2.85. The summed E-state index contributed by atoms with van der Waals surface area (Å²) in [6.07, 6.45) is 0.519. The molecule has 0 saturated carbocycles. The lowest BCUT2D eigenvalue weighted by molar-refractivity contribution is 0.302. The molecule has 22 heavy (non-hydrogen) atoms. The second-order valence-corrected chi connectivity index (χ2v) is 5.32. The molecule has 3 aromatic rings. The number of nitrogens with one attached hydrogen (secondary N) is 1. The minimum absolute atomic E-state index is 0.144. The molecule has 1 aliphatic rings. The maximum atomic E-state index is 12.4. The zero-order chi connectivity index (χ0) is 15.1. The topological polar surface area (TPSA) is 68.1 Å². The van der Waals surface area contributed by atoms with Gasteiger partial charge >= 0.3 is 0 Å². The van der Waals surface area contributed by atoms with E-state index < -0.39 is 0 Å². The Morgan fingerprint density at radius 3 is 2.86 bits per heavy atom. The van der Waals surface area contributed by atoms with E-state index in [1.54, 1.807) is 6.07 Å². The molecule has 0 radical (unpaired) electrons. The highest BCUT2D eigenvalue weighted by molar-refractivity contribution is 5.49. The van der Waals surface area contributed by atoms with Gasteiger partial charge in [-0.2, -0.15) is 0 Å². The largest absolute Gasteiger partial charge is 0.487 e. The van der Waals surface area contributed by atoms with Crippen LogP contribution in [0.15, 0.2) is 45.6 Å². The predicted molar refractivity (Wildman–Crippen MR) is 80.9 cm³/mol. The van der Waals surface area contributed by atoms with E-state index in [0.29, 0.717) is 29.3 Å². The predicted octanol–water partition coefficient (Wildman–Crippen LogP) is 2.82. The smallest absolute Gasteiger partial charge is 0.255 e. The van der Waals surface area contributed by atoms with E-state index in [1.807, 2.05) is 37.3 Å². The van der Waals surface area contributed by atoms with E-state index >= 15 is 0 Å². The minimum atomic E-state index is -0.144. The number of para-hydroxylation sites is 1. The maximum absolute atomic E-state index is 12.4. The summed E-state index contributed by atoms with van der Waals surface area (Å²) in [5.41, 5.74) is 2.16. The Balaban J connectivity index is 1.82. The SMILES string of the molecule is Cc1ccc(-c2nc3c(c(=O)[nH]2)Cc2ccccc2OC3)o1. The van der Waals surface area contributed by atoms with Gasteiger partial charge in [-0.1, -0.05) is 18.2 Å². The molecular formula is C17H14N2O3. The maximum Gasteiger partial charge on any atom is 0.255 e. The molecule has 0 unspecified atom stereocenters. The fraction of sp³-hybridized carbons (Fsp3) is 0.176. The van der Waals surface area contributed by atoms with E-state index in [4.69, 9.17) is 9.15 Å². The van der Waals surface area contributed by atoms with Crippen LogP contribution in [-0.2, 0) is 13.0 Å². The highest BCUT2D eigenvalue weighted by Crippen LogP contribution is 2.26. The van der Waals surface area contributed by atoms with Crippen LogP contribution < -0.4 is 10.3 Å². The Labute approximate surface area is 126 Å². The van der Waals surface area contributed by atoms with Crippen molar-refractivity contribution in [1.29, 1.82) is 0 Å². The van der Waals surface area contributed by atoms with Crippen LogP contribution in [-0.4, -0.2) is 9.97 Å². The average molecular weight is 294 g/mol. The monoisotopic (exact) mass is 294 g/mol. The van der Waals surface area contributed by atoms with Crippen LogP contribution in [0, 0.1) is 6.92 Å². The Morgan fingerprint density at radius 2 is 2.05 bits per heavy atom. The van der Waals surface area contributed by atoms with Crippen LogP contribution in [0.4, 0.5) is 0 Å². The number of furan rings is 1. The van der Waals surface area contributed by atoms with Gasteiger partial charge in [-0.05, 0) is 30.7 Å². The number of fused-ring (bicyclic) bond motifs is 2. The fourth-order valence-corrected chi connectivity index (χ4v) is 2.65. The van der Waals surface area contributed by atoms with E-state index in [0.717, 1.165) is 17.1 Å². The number of hydrogen-bond acceptors (Lipinski definition) is 4. The van der Waals surface area contributed by atoms with Crippen LogP contribution in [0.5, 0.6) is 5.75 Å². The lowest BCUT2D eigenvalue weighted by Crippen LogP contribution is -2.18. The fourth-order valence-electron chi connectivity index (χ4n) is 2.65. The molecule has 4 rings (SSSR count). The van der Waals surface area contributed by atoms with Crippen molar-refractivity contribution in [3.05, 3.63) is 69.3 Å². The van der Waals surface area contributed by atoms with Gasteiger partial charge in [0.1, 0.15) is 18.1 Å². The third-order valence-electron chi connectivity index (χ3n) is 3.78. The summed E-state index contributed by atoms with van der Waals surface area (Å²) in [7, 11) is 0. The van der Waals surface area contributed by atoms with Crippen molar-refractivity contribution in [2.75, 3.05) is 0 Å². The van der Waals surface area contributed by atoms with Gasteiger partial charge in [0.2, 0.25) is 0 Å². The van der Waals surface area contributed by atoms with Crippen molar-refractivity contribution in [3.63, 3.8) is 0 Å². The lowest BCUT2D eigenvalue weighted by atomic mass is 10.1. The molecule has 5 heteroatoms. The van der Waals surface area contributed by atoms with E-state index in [1.165, 1.54) is 0 Å². The van der Waals surface area contributed by atoms with Crippen molar-refractivity contribution in [3.8, 4) is 17.3 Å². The van der Waals surface area contributed by atoms with Gasteiger partial charge < -0.3 is 14.1 Å². The van der Waals surface area contributed by atoms with Crippen LogP contribution in [0.1, 0.15) is 22.6 Å². The first-order chi connectivity index (χ1) is 10.7. The quantitative estimate of drug-likeness (QED) is 0.749. The number of aryl methyl sites for hydroxylation is 1. The molecule has 0 saturated heterocycles. The number of benzene rings is 1. The summed E-state index contributed by atoms with van der Waals surface area (Å²) in [4.78, 5) is 19.8. The van der Waals surface area contributed by atoms with Crippen molar-refractivity contribution < 1.29 is 9.15 Å². The molecule has 1 aromatic carbocycles. The molecule has 0 bridgehead atoms. The Kier molecular flexibility index (Phi) is 2.85. The highest BCUT2D eigenvalue weighted by Gasteiger charge is 2.20. The van der Waals surface area contributed by atoms with Crippen LogP contribution >= 0.6 is 0 Å². The number of nitrogens with zero attached hydrogens (tertiary/aromatic N) is 1. The van der Waals surface area contributed by atoms with Crippen molar-refractivity contribution in [2.45, 2.75) is 20.0 Å². The van der Waals surface area contributed by atoms with Gasteiger partial charge in [0.05, 0.1) is 5.69 Å². The van der Waals surface area contributed by atoms with E-state index in [2.05, 4.69) is 9.97 Å². The van der Waals surface area contributed by atoms with Crippen molar-refractivity contribution in [2.24, 2.45) is 0 Å². The normalized spacial score (nSPS) is 13.0. The molecule has 3 heterocycles. The van der Waals surface area contributed by atoms with Crippen LogP contribution in [0.25, 0.3) is 11.6 Å². The Morgan fingerprint density at radius 1 is 1.18 bits per heavy atom. The first-order valence-corrected chi connectivity index (χ1v) is 7.10. The molecule has 5 nitrogen and oxygen atoms in total. The van der Waals surface area contributed by atoms with Crippen LogP contribution in [0.3, 0.4) is 0 Å². The van der Waals surface area contributed by atoms with Crippen LogP contribution in [0.2, 0.25) is 0 Å². The molecule has 1 aliphatic heterocycles. The Bertz CT molecular complexity index is 908. The molecular weight excluding hydrogens is 280 g/mol. The lowest BCUT2D eigenvalue weighted by Gasteiger charge is -2.05. The summed E-state index contributed by atoms with van der Waals surface area (Å²) in [6, 6.07) is 11.4. The molecule has 0 spiro atoms. The van der Waals surface area contributed by atoms with E-state index in [-0.39, 0.29) is 12.2 Å². The van der Waals surface area contributed by atoms with E-state index in [9.17, 15) is 4.79 Å². The molecule has 0 aliphatic carbocycles. The zero-order valence-corrected chi connectivity index (χ0v) is 12.1. The first kappa shape index (κ1) is 12.9. The van der Waals surface area contributed by atoms with Gasteiger partial charge in [-0.15, -0.1) is 0 Å². The molecule has 0 amide bonds. The summed E-state index contributed by atoms with van der Waals surface area (Å²) in [5.74, 6) is 2.57. The second kappa shape index (κ2) is 4.87. The van der Waals surface area contributed by atoms with Gasteiger partial charge in [0.25, 0.3) is 5.56 Å². The molecule has 0 atom stereocenters. The Hall–Kier alpha value is -2.82. The highest BCUT2D eigenvalue weighted by atomic mass is 16.5. The number of hydrogen-bond donors (Lipinski definition) is 1. The van der Waals surface area contributed by atoms with Crippen molar-refractivity contribution >= 4 is 0 Å². The zero-order valence-electron chi connectivity index (χ0n) is 12.1. The molecule has 1 N–H and O–H groups in total. The summed E-state index contributed by atoms with van der Waals surface area (Å²) in [6.45, 7) is 2.13. The number of aromatic amines is 1. The van der Waals surface area contributed by atoms with Gasteiger partial charge in [-0.25, -0.2) is 4.98 Å². The number of rotatable bonds is 1. The first-order valence-electron chi connectivity index (χ1n) is 7.10. The summed E-state index contributed by atoms with van der Waals surface area (Å²) in [5, 5.41) is 0. The van der Waals surface area contributed by atoms with Crippen molar-refractivity contribution in [1.82, 2.24) is 9.97 Å². The molecule has 0 fully saturated rings. The standard InChI is InChI=1S/C17H14N2O3/c1-10-6-7-15(22-10)16-18-13-9-21-14-5-3-2-4-11(14)8-12(13)17(20)19-16/h2-7H,8-9H2,1H3,(H,18,19,20). The third kappa shape index (κ3) is 2.11. The summed E-state index contributed by atoms with van der Waals surface area (Å²) < 4.78 is 11.3. The number of H-pyrrole nitrogens is 1. The second-order valence-electron chi connectivity index (χ2n) is 5.32. The van der Waals surface area contributed by atoms with Gasteiger partial charge in [0.15, 0.2) is 11.6 Å². The third-order valence-corrected chi connectivity index (χ3v) is 3.78. The minimum Gasteiger partial charge on any atom is -0.487 e. The number of aromatic nitrogens is 2. The molecule has 110 valence electrons. The number of ether oxygens (including phenoxy) is 1. The molecule has 2 aromatic heterocycles. The summed E-state index contributed by atoms with van der Waals surface area (Å²) >= 11 is 0.